The minimum Gasteiger partial charge on any atom is -0.271 e. The Bertz CT molecular complexity index is 293. The van der Waals surface area contributed by atoms with E-state index in [0.717, 1.165) is 35.5 Å². The predicted octanol–water partition coefficient (Wildman–Crippen LogP) is 3.47. The van der Waals surface area contributed by atoms with Gasteiger partial charge in [-0.1, -0.05) is 19.3 Å². The molecule has 0 saturated heterocycles. The van der Waals surface area contributed by atoms with E-state index in [0.29, 0.717) is 6.04 Å². The van der Waals surface area contributed by atoms with Crippen molar-refractivity contribution in [3.8, 4) is 0 Å². The molecule has 5 aliphatic rings. The number of nitrogens with one attached hydrogen (secondary N) is 1. The fourth-order valence-electron chi connectivity index (χ4n) is 6.61. The lowest BCUT2D eigenvalue weighted by molar-refractivity contribution is -0.0631. The second-order valence-electron chi connectivity index (χ2n) is 8.10. The van der Waals surface area contributed by atoms with Gasteiger partial charge in [0.15, 0.2) is 0 Å². The number of rotatable bonds is 3. The Kier molecular flexibility index (Phi) is 3.35. The third kappa shape index (κ3) is 2.15. The Morgan fingerprint density at radius 2 is 1.37 bits per heavy atom. The summed E-state index contributed by atoms with van der Waals surface area (Å²) in [6, 6.07) is 0.635. The van der Waals surface area contributed by atoms with E-state index in [-0.39, 0.29) is 0 Å². The van der Waals surface area contributed by atoms with Crippen LogP contribution in [0.15, 0.2) is 0 Å². The van der Waals surface area contributed by atoms with Crippen molar-refractivity contribution in [2.24, 2.45) is 41.4 Å². The molecule has 5 rings (SSSR count). The standard InChI is InChI=1S/C17H30N2/c18-19-17(13-4-2-1-3-5-13)16-14-7-11-6-12(9-14)10-15(16)8-11/h11-17,19H,1-10,18H2. The summed E-state index contributed by atoms with van der Waals surface area (Å²) in [6.07, 6.45) is 14.9. The summed E-state index contributed by atoms with van der Waals surface area (Å²) in [4.78, 5) is 0. The first kappa shape index (κ1) is 12.6. The lowest BCUT2D eigenvalue weighted by Crippen LogP contribution is -2.57. The molecule has 2 nitrogen and oxygen atoms in total. The molecule has 1 atom stereocenters. The lowest BCUT2D eigenvalue weighted by Gasteiger charge is -2.57. The minimum absolute atomic E-state index is 0.635. The Labute approximate surface area is 117 Å². The SMILES string of the molecule is NNC(C1CCCCC1)C1C2CC3CC(C2)CC1C3. The average molecular weight is 262 g/mol. The van der Waals surface area contributed by atoms with E-state index >= 15 is 0 Å². The summed E-state index contributed by atoms with van der Waals surface area (Å²) in [5.41, 5.74) is 3.30. The molecule has 0 aromatic carbocycles. The molecule has 2 heteroatoms. The van der Waals surface area contributed by atoms with Gasteiger partial charge in [0.25, 0.3) is 0 Å². The molecule has 5 fully saturated rings. The summed E-state index contributed by atoms with van der Waals surface area (Å²) >= 11 is 0. The molecule has 3 N–H and O–H groups in total. The molecule has 0 amide bonds. The van der Waals surface area contributed by atoms with Crippen molar-refractivity contribution < 1.29 is 0 Å². The van der Waals surface area contributed by atoms with Gasteiger partial charge in [-0.15, -0.1) is 0 Å². The molecule has 0 spiro atoms. The van der Waals surface area contributed by atoms with Gasteiger partial charge in [-0.05, 0) is 80.5 Å². The second-order valence-corrected chi connectivity index (χ2v) is 8.10. The van der Waals surface area contributed by atoms with Gasteiger partial charge in [-0.3, -0.25) is 11.3 Å². The fraction of sp³-hybridized carbons (Fsp3) is 1.00. The molecule has 0 radical (unpaired) electrons. The van der Waals surface area contributed by atoms with Crippen molar-refractivity contribution in [2.45, 2.75) is 70.3 Å². The summed E-state index contributed by atoms with van der Waals surface area (Å²) in [5.74, 6) is 12.0. The molecule has 0 aromatic heterocycles. The largest absolute Gasteiger partial charge is 0.271 e. The van der Waals surface area contributed by atoms with E-state index in [1.165, 1.54) is 57.8 Å². The molecule has 0 aromatic rings. The maximum atomic E-state index is 6.03. The zero-order chi connectivity index (χ0) is 12.8. The minimum atomic E-state index is 0.635. The highest BCUT2D eigenvalue weighted by atomic mass is 15.2. The summed E-state index contributed by atoms with van der Waals surface area (Å²) in [7, 11) is 0. The maximum Gasteiger partial charge on any atom is 0.0272 e. The quantitative estimate of drug-likeness (QED) is 0.604. The van der Waals surface area contributed by atoms with E-state index in [9.17, 15) is 0 Å². The molecular weight excluding hydrogens is 232 g/mol. The van der Waals surface area contributed by atoms with Gasteiger partial charge in [0.1, 0.15) is 0 Å². The van der Waals surface area contributed by atoms with Crippen LogP contribution in [0.25, 0.3) is 0 Å². The fourth-order valence-corrected chi connectivity index (χ4v) is 6.61. The number of nitrogens with two attached hydrogens (primary N) is 1. The van der Waals surface area contributed by atoms with Crippen LogP contribution in [0.1, 0.15) is 64.2 Å². The van der Waals surface area contributed by atoms with Crippen molar-refractivity contribution in [2.75, 3.05) is 0 Å². The van der Waals surface area contributed by atoms with E-state index < -0.39 is 0 Å². The van der Waals surface area contributed by atoms with Crippen LogP contribution < -0.4 is 11.3 Å². The second kappa shape index (κ2) is 5.04. The summed E-state index contributed by atoms with van der Waals surface area (Å²) < 4.78 is 0. The zero-order valence-corrected chi connectivity index (χ0v) is 12.2. The van der Waals surface area contributed by atoms with Crippen LogP contribution in [0.3, 0.4) is 0 Å². The molecule has 5 aliphatic carbocycles. The molecule has 0 heterocycles. The summed E-state index contributed by atoms with van der Waals surface area (Å²) in [6.45, 7) is 0. The monoisotopic (exact) mass is 262 g/mol. The van der Waals surface area contributed by atoms with Crippen molar-refractivity contribution >= 4 is 0 Å². The average Bonchev–Trinajstić information content (AvgIpc) is 2.43. The maximum absolute atomic E-state index is 6.03. The van der Waals surface area contributed by atoms with E-state index in [1.54, 1.807) is 6.42 Å². The molecule has 108 valence electrons. The third-order valence-corrected chi connectivity index (χ3v) is 7.06. The van der Waals surface area contributed by atoms with Crippen molar-refractivity contribution in [3.05, 3.63) is 0 Å². The topological polar surface area (TPSA) is 38.0 Å². The van der Waals surface area contributed by atoms with Crippen LogP contribution in [-0.2, 0) is 0 Å². The highest BCUT2D eigenvalue weighted by molar-refractivity contribution is 5.02. The van der Waals surface area contributed by atoms with Crippen molar-refractivity contribution in [3.63, 3.8) is 0 Å². The van der Waals surface area contributed by atoms with Crippen LogP contribution in [-0.4, -0.2) is 6.04 Å². The third-order valence-electron chi connectivity index (χ3n) is 7.06. The normalized spacial score (nSPS) is 47.5. The van der Waals surface area contributed by atoms with E-state index in [4.69, 9.17) is 5.84 Å². The van der Waals surface area contributed by atoms with Gasteiger partial charge >= 0.3 is 0 Å². The number of hydrogen-bond acceptors (Lipinski definition) is 2. The smallest absolute Gasteiger partial charge is 0.0272 e. The number of hydrogen-bond donors (Lipinski definition) is 2. The molecule has 4 bridgehead atoms. The number of hydrazine groups is 1. The Hall–Kier alpha value is -0.0800. The van der Waals surface area contributed by atoms with E-state index in [1.807, 2.05) is 0 Å². The van der Waals surface area contributed by atoms with Gasteiger partial charge in [-0.25, -0.2) is 0 Å². The molecule has 5 saturated carbocycles. The van der Waals surface area contributed by atoms with E-state index in [2.05, 4.69) is 5.43 Å². The van der Waals surface area contributed by atoms with Crippen LogP contribution in [0, 0.1) is 35.5 Å². The zero-order valence-electron chi connectivity index (χ0n) is 12.2. The Morgan fingerprint density at radius 1 is 0.789 bits per heavy atom. The first-order chi connectivity index (χ1) is 9.35. The first-order valence-corrected chi connectivity index (χ1v) is 8.81. The van der Waals surface area contributed by atoms with Crippen LogP contribution in [0.4, 0.5) is 0 Å². The summed E-state index contributed by atoms with van der Waals surface area (Å²) in [5, 5.41) is 0. The van der Waals surface area contributed by atoms with Gasteiger partial charge in [-0.2, -0.15) is 0 Å². The predicted molar refractivity (Wildman–Crippen MR) is 78.2 cm³/mol. The Morgan fingerprint density at radius 3 is 1.89 bits per heavy atom. The van der Waals surface area contributed by atoms with Gasteiger partial charge < -0.3 is 0 Å². The van der Waals surface area contributed by atoms with Crippen LogP contribution in [0.5, 0.6) is 0 Å². The Balaban J connectivity index is 1.53. The molecule has 19 heavy (non-hydrogen) atoms. The molecular formula is C17H30N2. The molecule has 1 unspecified atom stereocenters. The van der Waals surface area contributed by atoms with Gasteiger partial charge in [0.05, 0.1) is 0 Å². The van der Waals surface area contributed by atoms with Crippen molar-refractivity contribution in [1.82, 2.24) is 5.43 Å². The van der Waals surface area contributed by atoms with Crippen LogP contribution >= 0.6 is 0 Å². The highest BCUT2D eigenvalue weighted by Gasteiger charge is 2.51. The molecule has 0 aliphatic heterocycles. The first-order valence-electron chi connectivity index (χ1n) is 8.81. The van der Waals surface area contributed by atoms with Crippen LogP contribution in [0.2, 0.25) is 0 Å². The van der Waals surface area contributed by atoms with Gasteiger partial charge in [0, 0.05) is 6.04 Å². The lowest BCUT2D eigenvalue weighted by atomic mass is 9.49. The highest BCUT2D eigenvalue weighted by Crippen LogP contribution is 2.58. The van der Waals surface area contributed by atoms with Crippen molar-refractivity contribution in [1.29, 1.82) is 0 Å². The van der Waals surface area contributed by atoms with Gasteiger partial charge in [0.2, 0.25) is 0 Å².